The summed E-state index contributed by atoms with van der Waals surface area (Å²) in [5.41, 5.74) is 3.45. The Morgan fingerprint density at radius 1 is 1.13 bits per heavy atom. The number of hydrogen-bond acceptors (Lipinski definition) is 3. The lowest BCUT2D eigenvalue weighted by Gasteiger charge is -2.29. The average molecular weight is 480 g/mol. The number of carbonyl (C=O) groups excluding carboxylic acids is 1. The van der Waals surface area contributed by atoms with E-state index in [9.17, 15) is 18.0 Å². The molecule has 1 aromatic heterocycles. The van der Waals surface area contributed by atoms with Gasteiger partial charge in [0.1, 0.15) is 11.6 Å². The Bertz CT molecular complexity index is 1120. The molecule has 0 N–H and O–H groups in total. The van der Waals surface area contributed by atoms with Gasteiger partial charge in [0.15, 0.2) is 0 Å². The molecule has 0 saturated heterocycles. The summed E-state index contributed by atoms with van der Waals surface area (Å²) in [5.74, 6) is 0.0687. The number of anilines is 1. The van der Waals surface area contributed by atoms with Crippen LogP contribution >= 0.6 is 15.9 Å². The first-order chi connectivity index (χ1) is 14.1. The van der Waals surface area contributed by atoms with Crippen LogP contribution in [-0.2, 0) is 13.5 Å². The third-order valence-electron chi connectivity index (χ3n) is 5.01. The van der Waals surface area contributed by atoms with Crippen LogP contribution in [0.4, 0.5) is 19.0 Å². The van der Waals surface area contributed by atoms with Gasteiger partial charge in [0.05, 0.1) is 5.69 Å². The molecule has 4 rings (SSSR count). The Morgan fingerprint density at radius 3 is 2.50 bits per heavy atom. The van der Waals surface area contributed by atoms with Gasteiger partial charge < -0.3 is 4.74 Å². The van der Waals surface area contributed by atoms with E-state index >= 15 is 0 Å². The van der Waals surface area contributed by atoms with Crippen molar-refractivity contribution in [2.24, 2.45) is 7.05 Å². The van der Waals surface area contributed by atoms with E-state index in [1.54, 1.807) is 16.6 Å². The highest BCUT2D eigenvalue weighted by molar-refractivity contribution is 9.10. The minimum Gasteiger partial charge on any atom is -0.406 e. The maximum atomic E-state index is 13.1. The zero-order chi connectivity index (χ0) is 21.6. The van der Waals surface area contributed by atoms with Crippen molar-refractivity contribution in [1.82, 2.24) is 9.78 Å². The number of rotatable bonds is 3. The number of carbonyl (C=O) groups is 1. The Balaban J connectivity index is 1.67. The molecule has 0 spiro atoms. The smallest absolute Gasteiger partial charge is 0.406 e. The molecule has 0 atom stereocenters. The van der Waals surface area contributed by atoms with Gasteiger partial charge in [0.2, 0.25) is 0 Å². The van der Waals surface area contributed by atoms with Crippen LogP contribution in [0, 0.1) is 6.92 Å². The van der Waals surface area contributed by atoms with E-state index < -0.39 is 6.36 Å². The molecule has 0 unspecified atom stereocenters. The second-order valence-corrected chi connectivity index (χ2v) is 7.92. The molecular weight excluding hydrogens is 463 g/mol. The first-order valence-corrected chi connectivity index (χ1v) is 9.93. The molecule has 1 aliphatic rings. The summed E-state index contributed by atoms with van der Waals surface area (Å²) < 4.78 is 44.0. The lowest BCUT2D eigenvalue weighted by molar-refractivity contribution is -0.274. The number of alkyl halides is 3. The van der Waals surface area contributed by atoms with Crippen LogP contribution in [0.1, 0.15) is 21.5 Å². The van der Waals surface area contributed by atoms with Gasteiger partial charge in [0, 0.05) is 34.8 Å². The van der Waals surface area contributed by atoms with Gasteiger partial charge in [-0.3, -0.25) is 14.4 Å². The van der Waals surface area contributed by atoms with Crippen LogP contribution in [0.2, 0.25) is 0 Å². The normalized spacial score (nSPS) is 14.1. The van der Waals surface area contributed by atoms with E-state index in [2.05, 4.69) is 25.8 Å². The first-order valence-electron chi connectivity index (χ1n) is 9.14. The molecule has 3 aromatic rings. The quantitative estimate of drug-likeness (QED) is 0.514. The number of ether oxygens (including phenoxy) is 1. The Hall–Kier alpha value is -2.81. The summed E-state index contributed by atoms with van der Waals surface area (Å²) in [5, 5.41) is 4.59. The zero-order valence-electron chi connectivity index (χ0n) is 16.1. The maximum absolute atomic E-state index is 13.1. The molecule has 0 radical (unpaired) electrons. The second kappa shape index (κ2) is 7.46. The van der Waals surface area contributed by atoms with Gasteiger partial charge in [-0.05, 0) is 49.2 Å². The van der Waals surface area contributed by atoms with Crippen molar-refractivity contribution in [3.8, 4) is 17.0 Å². The highest BCUT2D eigenvalue weighted by Crippen LogP contribution is 2.34. The summed E-state index contributed by atoms with van der Waals surface area (Å²) in [4.78, 5) is 14.7. The van der Waals surface area contributed by atoms with Gasteiger partial charge in [-0.25, -0.2) is 0 Å². The van der Waals surface area contributed by atoms with Crippen molar-refractivity contribution in [1.29, 1.82) is 0 Å². The third-order valence-corrected chi connectivity index (χ3v) is 5.54. The van der Waals surface area contributed by atoms with Gasteiger partial charge in [0.25, 0.3) is 5.91 Å². The van der Waals surface area contributed by atoms with E-state index in [0.29, 0.717) is 29.9 Å². The highest BCUT2D eigenvalue weighted by Gasteiger charge is 2.33. The van der Waals surface area contributed by atoms with Gasteiger partial charge in [-0.1, -0.05) is 28.1 Å². The standard InChI is InChI=1S/C21H17BrF3N3O2/c1-12-18(13-3-5-15(22)6-4-13)26-27(2)19(12)28-10-9-14-11-16(30-21(23,24)25)7-8-17(14)20(28)29/h3-8,11H,9-10H2,1-2H3. The summed E-state index contributed by atoms with van der Waals surface area (Å²) in [6, 6.07) is 11.6. The number of amides is 1. The lowest BCUT2D eigenvalue weighted by Crippen LogP contribution is -2.39. The fraction of sp³-hybridized carbons (Fsp3) is 0.238. The van der Waals surface area contributed by atoms with E-state index in [1.165, 1.54) is 12.1 Å². The minimum absolute atomic E-state index is 0.275. The molecule has 1 amide bonds. The molecule has 30 heavy (non-hydrogen) atoms. The van der Waals surface area contributed by atoms with E-state index in [4.69, 9.17) is 0 Å². The van der Waals surface area contributed by atoms with Gasteiger partial charge in [-0.2, -0.15) is 5.10 Å². The lowest BCUT2D eigenvalue weighted by atomic mass is 9.98. The van der Waals surface area contributed by atoms with Crippen molar-refractivity contribution in [3.05, 3.63) is 63.6 Å². The fourth-order valence-electron chi connectivity index (χ4n) is 3.74. The van der Waals surface area contributed by atoms with Gasteiger partial charge >= 0.3 is 6.36 Å². The van der Waals surface area contributed by atoms with E-state index in [1.807, 2.05) is 31.2 Å². The molecule has 0 bridgehead atoms. The highest BCUT2D eigenvalue weighted by atomic mass is 79.9. The van der Waals surface area contributed by atoms with Crippen molar-refractivity contribution >= 4 is 27.7 Å². The van der Waals surface area contributed by atoms with Crippen LogP contribution < -0.4 is 9.64 Å². The Morgan fingerprint density at radius 2 is 1.83 bits per heavy atom. The number of benzene rings is 2. The molecule has 0 aliphatic carbocycles. The largest absolute Gasteiger partial charge is 0.573 e. The molecule has 5 nitrogen and oxygen atoms in total. The van der Waals surface area contributed by atoms with Crippen LogP contribution in [-0.4, -0.2) is 28.6 Å². The van der Waals surface area contributed by atoms with Crippen LogP contribution in [0.15, 0.2) is 46.9 Å². The van der Waals surface area contributed by atoms with Crippen LogP contribution in [0.25, 0.3) is 11.3 Å². The van der Waals surface area contributed by atoms with E-state index in [-0.39, 0.29) is 11.7 Å². The monoisotopic (exact) mass is 479 g/mol. The SMILES string of the molecule is Cc1c(-c2ccc(Br)cc2)nn(C)c1N1CCc2cc(OC(F)(F)F)ccc2C1=O. The third kappa shape index (κ3) is 3.81. The number of aromatic nitrogens is 2. The average Bonchev–Trinajstić information content (AvgIpc) is 2.96. The summed E-state index contributed by atoms with van der Waals surface area (Å²) in [6.45, 7) is 2.24. The molecule has 9 heteroatoms. The molecule has 0 saturated carbocycles. The fourth-order valence-corrected chi connectivity index (χ4v) is 4.01. The Labute approximate surface area is 179 Å². The van der Waals surface area contributed by atoms with Crippen molar-refractivity contribution in [2.75, 3.05) is 11.4 Å². The predicted molar refractivity (Wildman–Crippen MR) is 110 cm³/mol. The number of aryl methyl sites for hydroxylation is 1. The molecule has 1 aliphatic heterocycles. The number of hydrogen-bond donors (Lipinski definition) is 0. The molecule has 2 aromatic carbocycles. The van der Waals surface area contributed by atoms with Gasteiger partial charge in [-0.15, -0.1) is 13.2 Å². The summed E-state index contributed by atoms with van der Waals surface area (Å²) in [7, 11) is 1.77. The van der Waals surface area contributed by atoms with Crippen molar-refractivity contribution in [3.63, 3.8) is 0 Å². The van der Waals surface area contributed by atoms with Crippen LogP contribution in [0.5, 0.6) is 5.75 Å². The number of halogens is 4. The second-order valence-electron chi connectivity index (χ2n) is 7.00. The molecule has 0 fully saturated rings. The first kappa shape index (κ1) is 20.5. The predicted octanol–water partition coefficient (Wildman–Crippen LogP) is 5.26. The number of fused-ring (bicyclic) bond motifs is 1. The van der Waals surface area contributed by atoms with Crippen LogP contribution in [0.3, 0.4) is 0 Å². The van der Waals surface area contributed by atoms with E-state index in [0.717, 1.165) is 27.4 Å². The van der Waals surface area contributed by atoms with Crippen molar-refractivity contribution < 1.29 is 22.7 Å². The maximum Gasteiger partial charge on any atom is 0.573 e. The van der Waals surface area contributed by atoms with Crippen molar-refractivity contribution in [2.45, 2.75) is 19.7 Å². The number of nitrogens with zero attached hydrogens (tertiary/aromatic N) is 3. The summed E-state index contributed by atoms with van der Waals surface area (Å²) >= 11 is 3.41. The Kier molecular flexibility index (Phi) is 5.09. The molecular formula is C21H17BrF3N3O2. The topological polar surface area (TPSA) is 47.4 Å². The summed E-state index contributed by atoms with van der Waals surface area (Å²) in [6.07, 6.45) is -4.36. The molecule has 2 heterocycles. The molecule has 156 valence electrons. The zero-order valence-corrected chi connectivity index (χ0v) is 17.7. The minimum atomic E-state index is -4.77.